The molecule has 2 aliphatic rings. The van der Waals surface area contributed by atoms with Gasteiger partial charge < -0.3 is 21.3 Å². The number of hydrogen-bond acceptors (Lipinski definition) is 7. The quantitative estimate of drug-likeness (QED) is 0.536. The number of likely N-dealkylation sites (tertiary alicyclic amines) is 1. The molecule has 2 aromatic rings. The summed E-state index contributed by atoms with van der Waals surface area (Å²) >= 11 is 0. The van der Waals surface area contributed by atoms with Crippen LogP contribution < -0.4 is 22.5 Å². The Balaban J connectivity index is 1.38. The largest absolute Gasteiger partial charge is 0.354 e. The van der Waals surface area contributed by atoms with Crippen LogP contribution in [-0.4, -0.2) is 86.0 Å². The fourth-order valence-corrected chi connectivity index (χ4v) is 5.27. The molecular weight excluding hydrogens is 484 g/mol. The zero-order valence-electron chi connectivity index (χ0n) is 22.8. The summed E-state index contributed by atoms with van der Waals surface area (Å²) in [6.45, 7) is 10.7. The Bertz CT molecular complexity index is 1190. The smallest absolute Gasteiger partial charge is 0.337 e. The molecule has 5 N–H and O–H groups in total. The molecular formula is C27H40N8O3. The Morgan fingerprint density at radius 1 is 1.05 bits per heavy atom. The highest BCUT2D eigenvalue weighted by Gasteiger charge is 2.38. The number of hydrogen-bond donors (Lipinski definition) is 3. The molecule has 0 unspecified atom stereocenters. The molecule has 3 heterocycles. The first kappa shape index (κ1) is 27.7. The molecule has 0 saturated carbocycles. The molecule has 2 aliphatic heterocycles. The van der Waals surface area contributed by atoms with Crippen molar-refractivity contribution in [3.8, 4) is 5.69 Å². The number of piperazine rings is 1. The van der Waals surface area contributed by atoms with Crippen LogP contribution >= 0.6 is 0 Å². The van der Waals surface area contributed by atoms with E-state index in [-0.39, 0.29) is 29.8 Å². The minimum Gasteiger partial charge on any atom is -0.337 e. The SMILES string of the molecule is C[C@@H]1CN(C(=O)C(C)(C)N)C[C@H](C)N1C(=O)Nc1ccn(-c2ccc(CN3CCC(N)CC3)cc2)c(=O)n1. The minimum absolute atomic E-state index is 0.147. The third-order valence-electron chi connectivity index (χ3n) is 7.28. The molecule has 2 atom stereocenters. The minimum atomic E-state index is -0.972. The van der Waals surface area contributed by atoms with Crippen LogP contribution in [0.15, 0.2) is 41.3 Å². The topological polar surface area (TPSA) is 143 Å². The Kier molecular flexibility index (Phi) is 8.19. The molecule has 0 spiro atoms. The molecule has 1 aromatic heterocycles. The summed E-state index contributed by atoms with van der Waals surface area (Å²) in [5, 5.41) is 2.74. The van der Waals surface area contributed by atoms with Gasteiger partial charge in [0.05, 0.1) is 11.2 Å². The van der Waals surface area contributed by atoms with E-state index < -0.39 is 11.2 Å². The van der Waals surface area contributed by atoms with Gasteiger partial charge in [0, 0.05) is 44.0 Å². The normalized spacial score (nSPS) is 21.4. The molecule has 0 bridgehead atoms. The van der Waals surface area contributed by atoms with Gasteiger partial charge in [-0.3, -0.25) is 19.6 Å². The van der Waals surface area contributed by atoms with Crippen LogP contribution in [0.25, 0.3) is 5.69 Å². The first-order valence-corrected chi connectivity index (χ1v) is 13.3. The summed E-state index contributed by atoms with van der Waals surface area (Å²) in [6, 6.07) is 8.93. The fourth-order valence-electron chi connectivity index (χ4n) is 5.27. The van der Waals surface area contributed by atoms with E-state index in [2.05, 4.69) is 15.2 Å². The van der Waals surface area contributed by atoms with E-state index in [1.165, 1.54) is 10.1 Å². The average molecular weight is 525 g/mol. The summed E-state index contributed by atoms with van der Waals surface area (Å²) in [7, 11) is 0. The van der Waals surface area contributed by atoms with Gasteiger partial charge in [0.25, 0.3) is 0 Å². The van der Waals surface area contributed by atoms with E-state index in [0.717, 1.165) is 32.5 Å². The fraction of sp³-hybridized carbons (Fsp3) is 0.556. The lowest BCUT2D eigenvalue weighted by Gasteiger charge is -2.45. The van der Waals surface area contributed by atoms with Crippen molar-refractivity contribution in [2.24, 2.45) is 11.5 Å². The molecule has 4 rings (SSSR count). The van der Waals surface area contributed by atoms with Crippen molar-refractivity contribution in [3.63, 3.8) is 0 Å². The maximum atomic E-state index is 13.1. The molecule has 38 heavy (non-hydrogen) atoms. The number of aromatic nitrogens is 2. The number of piperidine rings is 1. The first-order valence-electron chi connectivity index (χ1n) is 13.3. The summed E-state index contributed by atoms with van der Waals surface area (Å²) < 4.78 is 1.45. The number of benzene rings is 1. The van der Waals surface area contributed by atoms with Gasteiger partial charge in [-0.15, -0.1) is 0 Å². The number of nitrogens with two attached hydrogens (primary N) is 2. The molecule has 2 fully saturated rings. The van der Waals surface area contributed by atoms with E-state index in [1.54, 1.807) is 35.9 Å². The molecule has 11 heteroatoms. The van der Waals surface area contributed by atoms with Crippen molar-refractivity contribution in [3.05, 3.63) is 52.6 Å². The number of nitrogens with one attached hydrogen (secondary N) is 1. The maximum absolute atomic E-state index is 13.1. The highest BCUT2D eigenvalue weighted by atomic mass is 16.2. The van der Waals surface area contributed by atoms with E-state index >= 15 is 0 Å². The standard InChI is InChI=1S/C27H40N8O3/c1-18-15-33(24(36)27(3,4)29)16-19(2)35(18)26(38)31-23-11-14-34(25(37)30-23)22-7-5-20(6-8-22)17-32-12-9-21(28)10-13-32/h5-8,11,14,18-19,21H,9-10,12-13,15-17,28-29H2,1-4H3,(H,30,31,37,38)/t18-,19+. The predicted octanol–water partition coefficient (Wildman–Crippen LogP) is 1.35. The summed E-state index contributed by atoms with van der Waals surface area (Å²) in [4.78, 5) is 48.3. The second-order valence-electron chi connectivity index (χ2n) is 11.2. The van der Waals surface area contributed by atoms with E-state index in [1.807, 2.05) is 38.1 Å². The van der Waals surface area contributed by atoms with Crippen LogP contribution in [0.5, 0.6) is 0 Å². The lowest BCUT2D eigenvalue weighted by atomic mass is 10.0. The van der Waals surface area contributed by atoms with E-state index in [0.29, 0.717) is 24.8 Å². The van der Waals surface area contributed by atoms with Gasteiger partial charge in [0.2, 0.25) is 5.91 Å². The molecule has 3 amide bonds. The summed E-state index contributed by atoms with van der Waals surface area (Å²) in [5.41, 5.74) is 12.4. The van der Waals surface area contributed by atoms with Crippen LogP contribution in [0.2, 0.25) is 0 Å². The molecule has 2 saturated heterocycles. The number of nitrogens with zero attached hydrogens (tertiary/aromatic N) is 5. The van der Waals surface area contributed by atoms with Crippen LogP contribution in [0.4, 0.5) is 10.6 Å². The Labute approximate surface area is 223 Å². The Morgan fingerprint density at radius 2 is 1.66 bits per heavy atom. The van der Waals surface area contributed by atoms with Crippen molar-refractivity contribution in [1.82, 2.24) is 24.3 Å². The van der Waals surface area contributed by atoms with Crippen molar-refractivity contribution < 1.29 is 9.59 Å². The van der Waals surface area contributed by atoms with Crippen molar-refractivity contribution in [2.45, 2.75) is 70.7 Å². The predicted molar refractivity (Wildman–Crippen MR) is 147 cm³/mol. The number of carbonyl (C=O) groups is 2. The Morgan fingerprint density at radius 3 is 2.21 bits per heavy atom. The number of amides is 3. The van der Waals surface area contributed by atoms with Gasteiger partial charge in [-0.25, -0.2) is 9.59 Å². The maximum Gasteiger partial charge on any atom is 0.354 e. The molecule has 0 radical (unpaired) electrons. The van der Waals surface area contributed by atoms with Crippen molar-refractivity contribution in [2.75, 3.05) is 31.5 Å². The van der Waals surface area contributed by atoms with Gasteiger partial charge in [-0.1, -0.05) is 12.1 Å². The number of rotatable bonds is 5. The molecule has 206 valence electrons. The van der Waals surface area contributed by atoms with Crippen LogP contribution in [0, 0.1) is 0 Å². The zero-order valence-corrected chi connectivity index (χ0v) is 22.8. The molecule has 11 nitrogen and oxygen atoms in total. The van der Waals surface area contributed by atoms with Crippen molar-refractivity contribution >= 4 is 17.8 Å². The van der Waals surface area contributed by atoms with Crippen molar-refractivity contribution in [1.29, 1.82) is 0 Å². The highest BCUT2D eigenvalue weighted by Crippen LogP contribution is 2.20. The molecule has 1 aromatic carbocycles. The summed E-state index contributed by atoms with van der Waals surface area (Å²) in [5.74, 6) is 0.0305. The zero-order chi connectivity index (χ0) is 27.6. The second kappa shape index (κ2) is 11.2. The number of carbonyl (C=O) groups excluding carboxylic acids is 2. The van der Waals surface area contributed by atoms with Gasteiger partial charge in [-0.2, -0.15) is 4.98 Å². The monoisotopic (exact) mass is 524 g/mol. The van der Waals surface area contributed by atoms with Gasteiger partial charge in [0.15, 0.2) is 0 Å². The average Bonchev–Trinajstić information content (AvgIpc) is 2.84. The van der Waals surface area contributed by atoms with Gasteiger partial charge >= 0.3 is 11.7 Å². The molecule has 0 aliphatic carbocycles. The Hall–Kier alpha value is -3.28. The van der Waals surface area contributed by atoms with Crippen LogP contribution in [0.3, 0.4) is 0 Å². The lowest BCUT2D eigenvalue weighted by molar-refractivity contribution is -0.139. The highest BCUT2D eigenvalue weighted by molar-refractivity contribution is 5.89. The third-order valence-corrected chi connectivity index (χ3v) is 7.28. The van der Waals surface area contributed by atoms with E-state index in [9.17, 15) is 14.4 Å². The number of anilines is 1. The van der Waals surface area contributed by atoms with Gasteiger partial charge in [-0.05, 0) is 77.4 Å². The van der Waals surface area contributed by atoms with Crippen LogP contribution in [0.1, 0.15) is 46.1 Å². The van der Waals surface area contributed by atoms with Crippen LogP contribution in [-0.2, 0) is 11.3 Å². The van der Waals surface area contributed by atoms with E-state index in [4.69, 9.17) is 11.5 Å². The second-order valence-corrected chi connectivity index (χ2v) is 11.2. The lowest BCUT2D eigenvalue weighted by Crippen LogP contribution is -2.64. The number of urea groups is 1. The van der Waals surface area contributed by atoms with Gasteiger partial charge in [0.1, 0.15) is 5.82 Å². The summed E-state index contributed by atoms with van der Waals surface area (Å²) in [6.07, 6.45) is 3.64. The first-order chi connectivity index (χ1) is 17.9. The third kappa shape index (κ3) is 6.40.